The summed E-state index contributed by atoms with van der Waals surface area (Å²) in [4.78, 5) is 0. The third-order valence-corrected chi connectivity index (χ3v) is 3.59. The first kappa shape index (κ1) is 12.7. The smallest absolute Gasteiger partial charge is 0.0775 e. The summed E-state index contributed by atoms with van der Waals surface area (Å²) in [6.45, 7) is 4.27. The second-order valence-electron chi connectivity index (χ2n) is 4.88. The van der Waals surface area contributed by atoms with E-state index in [0.717, 1.165) is 17.8 Å². The predicted molar refractivity (Wildman–Crippen MR) is 83.1 cm³/mol. The van der Waals surface area contributed by atoms with Crippen molar-refractivity contribution in [1.29, 1.82) is 0 Å². The fourth-order valence-electron chi connectivity index (χ4n) is 2.63. The predicted octanol–water partition coefficient (Wildman–Crippen LogP) is 4.41. The van der Waals surface area contributed by atoms with Crippen LogP contribution < -0.4 is 0 Å². The van der Waals surface area contributed by atoms with Crippen molar-refractivity contribution < 1.29 is 0 Å². The Morgan fingerprint density at radius 2 is 1.50 bits per heavy atom. The number of para-hydroxylation sites is 1. The van der Waals surface area contributed by atoms with Crippen molar-refractivity contribution >= 4 is 0 Å². The molecule has 0 spiro atoms. The van der Waals surface area contributed by atoms with E-state index in [1.165, 1.54) is 16.8 Å². The van der Waals surface area contributed by atoms with E-state index in [9.17, 15) is 0 Å². The van der Waals surface area contributed by atoms with E-state index in [-0.39, 0.29) is 0 Å². The summed E-state index contributed by atoms with van der Waals surface area (Å²) in [6, 6.07) is 20.8. The highest BCUT2D eigenvalue weighted by Crippen LogP contribution is 2.29. The number of aromatic nitrogens is 2. The molecule has 0 radical (unpaired) electrons. The molecule has 100 valence electrons. The topological polar surface area (TPSA) is 17.8 Å². The summed E-state index contributed by atoms with van der Waals surface area (Å²) in [5, 5.41) is 4.74. The second kappa shape index (κ2) is 5.33. The van der Waals surface area contributed by atoms with Crippen molar-refractivity contribution in [2.24, 2.45) is 0 Å². The molecule has 0 fully saturated rings. The van der Waals surface area contributed by atoms with E-state index in [1.54, 1.807) is 0 Å². The van der Waals surface area contributed by atoms with Crippen molar-refractivity contribution in [3.63, 3.8) is 0 Å². The molecular weight excluding hydrogens is 244 g/mol. The van der Waals surface area contributed by atoms with Crippen molar-refractivity contribution in [3.05, 3.63) is 71.9 Å². The first-order chi connectivity index (χ1) is 9.81. The van der Waals surface area contributed by atoms with Gasteiger partial charge in [-0.1, -0.05) is 55.5 Å². The molecular formula is C18H18N2. The summed E-state index contributed by atoms with van der Waals surface area (Å²) in [5.41, 5.74) is 5.95. The number of hydrogen-bond donors (Lipinski definition) is 0. The minimum atomic E-state index is 0.989. The van der Waals surface area contributed by atoms with Gasteiger partial charge in [0.25, 0.3) is 0 Å². The Morgan fingerprint density at radius 3 is 2.10 bits per heavy atom. The maximum Gasteiger partial charge on any atom is 0.0775 e. The maximum absolute atomic E-state index is 4.74. The molecule has 0 amide bonds. The fourth-order valence-corrected chi connectivity index (χ4v) is 2.63. The lowest BCUT2D eigenvalue weighted by molar-refractivity contribution is 0.869. The van der Waals surface area contributed by atoms with Gasteiger partial charge in [0.1, 0.15) is 0 Å². The van der Waals surface area contributed by atoms with Crippen molar-refractivity contribution in [3.8, 4) is 16.9 Å². The minimum Gasteiger partial charge on any atom is -0.233 e. The zero-order valence-corrected chi connectivity index (χ0v) is 11.9. The molecule has 2 nitrogen and oxygen atoms in total. The molecule has 0 aliphatic carbocycles. The Morgan fingerprint density at radius 1 is 0.900 bits per heavy atom. The highest BCUT2D eigenvalue weighted by Gasteiger charge is 2.16. The fraction of sp³-hybridized carbons (Fsp3) is 0.167. The summed E-state index contributed by atoms with van der Waals surface area (Å²) < 4.78 is 2.06. The maximum atomic E-state index is 4.74. The average molecular weight is 262 g/mol. The van der Waals surface area contributed by atoms with Gasteiger partial charge in [-0.15, -0.1) is 0 Å². The number of nitrogens with zero attached hydrogens (tertiary/aromatic N) is 2. The van der Waals surface area contributed by atoms with E-state index in [0.29, 0.717) is 0 Å². The van der Waals surface area contributed by atoms with E-state index in [4.69, 9.17) is 5.10 Å². The molecule has 2 aromatic carbocycles. The molecule has 0 bridgehead atoms. The summed E-state index contributed by atoms with van der Waals surface area (Å²) in [5.74, 6) is 0. The minimum absolute atomic E-state index is 0.989. The van der Waals surface area contributed by atoms with Gasteiger partial charge in [-0.2, -0.15) is 5.10 Å². The lowest BCUT2D eigenvalue weighted by Gasteiger charge is -2.09. The lowest BCUT2D eigenvalue weighted by atomic mass is 10.0. The first-order valence-electron chi connectivity index (χ1n) is 7.00. The first-order valence-corrected chi connectivity index (χ1v) is 7.00. The Bertz CT molecular complexity index is 697. The van der Waals surface area contributed by atoms with E-state index < -0.39 is 0 Å². The van der Waals surface area contributed by atoms with E-state index in [2.05, 4.69) is 54.9 Å². The van der Waals surface area contributed by atoms with Gasteiger partial charge in [-0.05, 0) is 25.5 Å². The van der Waals surface area contributed by atoms with Crippen molar-refractivity contribution in [2.45, 2.75) is 20.3 Å². The van der Waals surface area contributed by atoms with Gasteiger partial charge in [0.2, 0.25) is 0 Å². The van der Waals surface area contributed by atoms with Gasteiger partial charge < -0.3 is 0 Å². The number of benzene rings is 2. The van der Waals surface area contributed by atoms with Gasteiger partial charge in [-0.25, -0.2) is 4.68 Å². The van der Waals surface area contributed by atoms with Crippen LogP contribution in [0, 0.1) is 6.92 Å². The van der Waals surface area contributed by atoms with Gasteiger partial charge in [-0.3, -0.25) is 0 Å². The monoisotopic (exact) mass is 262 g/mol. The zero-order valence-electron chi connectivity index (χ0n) is 11.9. The second-order valence-corrected chi connectivity index (χ2v) is 4.88. The van der Waals surface area contributed by atoms with Gasteiger partial charge >= 0.3 is 0 Å². The molecule has 20 heavy (non-hydrogen) atoms. The van der Waals surface area contributed by atoms with Crippen LogP contribution in [-0.2, 0) is 6.42 Å². The van der Waals surface area contributed by atoms with Gasteiger partial charge in [0, 0.05) is 11.1 Å². The molecule has 0 aliphatic heterocycles. The van der Waals surface area contributed by atoms with Gasteiger partial charge in [0.15, 0.2) is 0 Å². The Labute approximate surface area is 119 Å². The molecule has 1 heterocycles. The highest BCUT2D eigenvalue weighted by molar-refractivity contribution is 5.67. The van der Waals surface area contributed by atoms with Crippen molar-refractivity contribution in [2.75, 3.05) is 0 Å². The molecule has 1 aromatic heterocycles. The molecule has 0 atom stereocenters. The Kier molecular flexibility index (Phi) is 3.38. The molecule has 0 aliphatic rings. The normalized spacial score (nSPS) is 10.7. The third-order valence-electron chi connectivity index (χ3n) is 3.59. The van der Waals surface area contributed by atoms with Crippen LogP contribution in [-0.4, -0.2) is 9.78 Å². The molecule has 3 aromatic rings. The van der Waals surface area contributed by atoms with Crippen LogP contribution in [0.1, 0.15) is 18.2 Å². The van der Waals surface area contributed by atoms with Crippen LogP contribution in [0.5, 0.6) is 0 Å². The van der Waals surface area contributed by atoms with E-state index in [1.807, 2.05) is 24.3 Å². The van der Waals surface area contributed by atoms with Crippen LogP contribution in [0.4, 0.5) is 0 Å². The summed E-state index contributed by atoms with van der Waals surface area (Å²) >= 11 is 0. The molecule has 2 heteroatoms. The largest absolute Gasteiger partial charge is 0.233 e. The van der Waals surface area contributed by atoms with E-state index >= 15 is 0 Å². The lowest BCUT2D eigenvalue weighted by Crippen LogP contribution is -1.99. The summed E-state index contributed by atoms with van der Waals surface area (Å²) in [6.07, 6.45) is 0.989. The van der Waals surface area contributed by atoms with Crippen LogP contribution in [0.25, 0.3) is 16.9 Å². The standard InChI is InChI=1S/C18H18N2/c1-3-17-14(2)19-20(16-12-8-5-9-13-16)18(17)15-10-6-4-7-11-15/h4-13H,3H2,1-2H3. The Balaban J connectivity index is 2.26. The van der Waals surface area contributed by atoms with Crippen molar-refractivity contribution in [1.82, 2.24) is 9.78 Å². The number of aryl methyl sites for hydroxylation is 1. The number of rotatable bonds is 3. The van der Waals surface area contributed by atoms with Crippen LogP contribution in [0.15, 0.2) is 60.7 Å². The molecule has 0 saturated carbocycles. The third kappa shape index (κ3) is 2.14. The molecule has 3 rings (SSSR count). The number of hydrogen-bond acceptors (Lipinski definition) is 1. The quantitative estimate of drug-likeness (QED) is 0.683. The molecule has 0 saturated heterocycles. The van der Waals surface area contributed by atoms with Crippen LogP contribution in [0.3, 0.4) is 0 Å². The highest BCUT2D eigenvalue weighted by atomic mass is 15.3. The SMILES string of the molecule is CCc1c(C)nn(-c2ccccc2)c1-c1ccccc1. The molecule has 0 unspecified atom stereocenters. The molecule has 0 N–H and O–H groups in total. The van der Waals surface area contributed by atoms with Crippen LogP contribution in [0.2, 0.25) is 0 Å². The van der Waals surface area contributed by atoms with Gasteiger partial charge in [0.05, 0.1) is 17.1 Å². The Hall–Kier alpha value is -2.35. The average Bonchev–Trinajstić information content (AvgIpc) is 2.85. The summed E-state index contributed by atoms with van der Waals surface area (Å²) in [7, 11) is 0. The zero-order chi connectivity index (χ0) is 13.9. The van der Waals surface area contributed by atoms with Crippen LogP contribution >= 0.6 is 0 Å².